The van der Waals surface area contributed by atoms with Gasteiger partial charge in [-0.1, -0.05) is 24.3 Å². The summed E-state index contributed by atoms with van der Waals surface area (Å²) >= 11 is 0. The van der Waals surface area contributed by atoms with Crippen molar-refractivity contribution in [1.82, 2.24) is 10.6 Å². The monoisotopic (exact) mass is 328 g/mol. The number of nitrogens with one attached hydrogen (secondary N) is 2. The minimum atomic E-state index is -0.237. The highest BCUT2D eigenvalue weighted by Gasteiger charge is 2.44. The number of urea groups is 1. The standard InChI is InChI=1S/C19H21FN2O2/c1-24-17-4-2-3-14(11-17)12-21-18(23)22-13-19(9-10-19)15-5-7-16(20)8-6-15/h2-8,11H,9-10,12-13H2,1H3,(H2,21,22,23). The molecule has 2 aromatic carbocycles. The van der Waals surface area contributed by atoms with Crippen LogP contribution in [0.2, 0.25) is 0 Å². The molecule has 0 spiro atoms. The van der Waals surface area contributed by atoms with Crippen molar-refractivity contribution < 1.29 is 13.9 Å². The van der Waals surface area contributed by atoms with Crippen molar-refractivity contribution in [3.05, 3.63) is 65.5 Å². The second-order valence-electron chi connectivity index (χ2n) is 6.17. The van der Waals surface area contributed by atoms with E-state index in [-0.39, 0.29) is 17.3 Å². The smallest absolute Gasteiger partial charge is 0.315 e. The van der Waals surface area contributed by atoms with Crippen molar-refractivity contribution in [2.75, 3.05) is 13.7 Å². The summed E-state index contributed by atoms with van der Waals surface area (Å²) in [7, 11) is 1.61. The Morgan fingerprint density at radius 3 is 2.58 bits per heavy atom. The first-order valence-electron chi connectivity index (χ1n) is 8.02. The minimum absolute atomic E-state index is 0.0407. The molecule has 0 heterocycles. The zero-order chi connectivity index (χ0) is 17.0. The summed E-state index contributed by atoms with van der Waals surface area (Å²) < 4.78 is 18.2. The van der Waals surface area contributed by atoms with Crippen LogP contribution in [0.3, 0.4) is 0 Å². The molecule has 2 N–H and O–H groups in total. The lowest BCUT2D eigenvalue weighted by Crippen LogP contribution is -2.39. The van der Waals surface area contributed by atoms with Gasteiger partial charge in [0.2, 0.25) is 0 Å². The van der Waals surface area contributed by atoms with Crippen molar-refractivity contribution in [2.45, 2.75) is 24.8 Å². The summed E-state index contributed by atoms with van der Waals surface area (Å²) in [5.41, 5.74) is 2.02. The third kappa shape index (κ3) is 3.85. The maximum Gasteiger partial charge on any atom is 0.315 e. The van der Waals surface area contributed by atoms with Crippen LogP contribution in [-0.4, -0.2) is 19.7 Å². The average molecular weight is 328 g/mol. The molecule has 2 aromatic rings. The first-order valence-corrected chi connectivity index (χ1v) is 8.02. The average Bonchev–Trinajstić information content (AvgIpc) is 3.40. The molecule has 126 valence electrons. The Bertz CT molecular complexity index is 712. The molecule has 24 heavy (non-hydrogen) atoms. The van der Waals surface area contributed by atoms with Crippen LogP contribution in [0.15, 0.2) is 48.5 Å². The number of hydrogen-bond donors (Lipinski definition) is 2. The molecular formula is C19H21FN2O2. The fourth-order valence-corrected chi connectivity index (χ4v) is 2.80. The topological polar surface area (TPSA) is 50.4 Å². The highest BCUT2D eigenvalue weighted by Crippen LogP contribution is 2.47. The molecule has 5 heteroatoms. The molecule has 1 fully saturated rings. The molecule has 0 aliphatic heterocycles. The van der Waals surface area contributed by atoms with E-state index >= 15 is 0 Å². The lowest BCUT2D eigenvalue weighted by Gasteiger charge is -2.17. The largest absolute Gasteiger partial charge is 0.497 e. The molecule has 1 saturated carbocycles. The van der Waals surface area contributed by atoms with Crippen LogP contribution in [-0.2, 0) is 12.0 Å². The third-order valence-corrected chi connectivity index (χ3v) is 4.48. The van der Waals surface area contributed by atoms with E-state index < -0.39 is 0 Å². The summed E-state index contributed by atoms with van der Waals surface area (Å²) in [5, 5.41) is 5.77. The van der Waals surface area contributed by atoms with Crippen molar-refractivity contribution in [1.29, 1.82) is 0 Å². The van der Waals surface area contributed by atoms with Crippen LogP contribution in [0.4, 0.5) is 9.18 Å². The van der Waals surface area contributed by atoms with Gasteiger partial charge in [-0.15, -0.1) is 0 Å². The zero-order valence-corrected chi connectivity index (χ0v) is 13.6. The van der Waals surface area contributed by atoms with Gasteiger partial charge in [-0.3, -0.25) is 0 Å². The van der Waals surface area contributed by atoms with Gasteiger partial charge in [0.25, 0.3) is 0 Å². The summed E-state index contributed by atoms with van der Waals surface area (Å²) in [4.78, 5) is 12.0. The van der Waals surface area contributed by atoms with Crippen molar-refractivity contribution >= 4 is 6.03 Å². The van der Waals surface area contributed by atoms with E-state index in [9.17, 15) is 9.18 Å². The Morgan fingerprint density at radius 1 is 1.17 bits per heavy atom. The van der Waals surface area contributed by atoms with E-state index in [2.05, 4.69) is 10.6 Å². The minimum Gasteiger partial charge on any atom is -0.497 e. The summed E-state index contributed by atoms with van der Waals surface area (Å²) in [6.45, 7) is 0.995. The Kier molecular flexibility index (Phi) is 4.69. The van der Waals surface area contributed by atoms with Crippen molar-refractivity contribution in [3.63, 3.8) is 0 Å². The zero-order valence-electron chi connectivity index (χ0n) is 13.6. The third-order valence-electron chi connectivity index (χ3n) is 4.48. The number of halogens is 1. The number of carbonyl (C=O) groups excluding carboxylic acids is 1. The molecule has 3 rings (SSSR count). The van der Waals surface area contributed by atoms with E-state index in [1.54, 1.807) is 19.2 Å². The predicted octanol–water partition coefficient (Wildman–Crippen LogP) is 3.37. The van der Waals surface area contributed by atoms with Crippen LogP contribution in [0.25, 0.3) is 0 Å². The number of amides is 2. The Morgan fingerprint density at radius 2 is 1.92 bits per heavy atom. The van der Waals surface area contributed by atoms with Gasteiger partial charge in [-0.25, -0.2) is 9.18 Å². The summed E-state index contributed by atoms with van der Waals surface area (Å²) in [6, 6.07) is 13.9. The van der Waals surface area contributed by atoms with Gasteiger partial charge in [-0.2, -0.15) is 0 Å². The molecule has 4 nitrogen and oxygen atoms in total. The first-order chi connectivity index (χ1) is 11.6. The fourth-order valence-electron chi connectivity index (χ4n) is 2.80. The number of rotatable bonds is 6. The fraction of sp³-hybridized carbons (Fsp3) is 0.316. The second-order valence-corrected chi connectivity index (χ2v) is 6.17. The van der Waals surface area contributed by atoms with E-state index in [0.29, 0.717) is 13.1 Å². The Balaban J connectivity index is 1.49. The molecule has 0 bridgehead atoms. The molecule has 1 aliphatic rings. The van der Waals surface area contributed by atoms with Crippen LogP contribution in [0.1, 0.15) is 24.0 Å². The molecule has 0 atom stereocenters. The highest BCUT2D eigenvalue weighted by molar-refractivity contribution is 5.74. The van der Waals surface area contributed by atoms with Crippen LogP contribution < -0.4 is 15.4 Å². The van der Waals surface area contributed by atoms with E-state index in [4.69, 9.17) is 4.74 Å². The first kappa shape index (κ1) is 16.3. The molecule has 0 unspecified atom stereocenters. The van der Waals surface area contributed by atoms with Gasteiger partial charge in [0.05, 0.1) is 7.11 Å². The maximum atomic E-state index is 13.0. The number of benzene rings is 2. The van der Waals surface area contributed by atoms with Crippen LogP contribution in [0.5, 0.6) is 5.75 Å². The molecule has 0 radical (unpaired) electrons. The second kappa shape index (κ2) is 6.91. The normalized spacial score (nSPS) is 14.8. The Hall–Kier alpha value is -2.56. The molecular weight excluding hydrogens is 307 g/mol. The van der Waals surface area contributed by atoms with Gasteiger partial charge >= 0.3 is 6.03 Å². The SMILES string of the molecule is COc1cccc(CNC(=O)NCC2(c3ccc(F)cc3)CC2)c1. The van der Waals surface area contributed by atoms with Gasteiger partial charge in [0.15, 0.2) is 0 Å². The number of carbonyl (C=O) groups is 1. The van der Waals surface area contributed by atoms with Crippen LogP contribution in [0, 0.1) is 5.82 Å². The maximum absolute atomic E-state index is 13.0. The number of hydrogen-bond acceptors (Lipinski definition) is 2. The van der Waals surface area contributed by atoms with E-state index in [1.807, 2.05) is 24.3 Å². The highest BCUT2D eigenvalue weighted by atomic mass is 19.1. The summed E-state index contributed by atoms with van der Waals surface area (Å²) in [6.07, 6.45) is 2.02. The van der Waals surface area contributed by atoms with E-state index in [0.717, 1.165) is 29.7 Å². The van der Waals surface area contributed by atoms with Crippen LogP contribution >= 0.6 is 0 Å². The van der Waals surface area contributed by atoms with Gasteiger partial charge in [0.1, 0.15) is 11.6 Å². The van der Waals surface area contributed by atoms with Crippen molar-refractivity contribution in [3.8, 4) is 5.75 Å². The lowest BCUT2D eigenvalue weighted by molar-refractivity contribution is 0.239. The quantitative estimate of drug-likeness (QED) is 0.854. The van der Waals surface area contributed by atoms with Gasteiger partial charge in [0, 0.05) is 18.5 Å². The number of methoxy groups -OCH3 is 1. The lowest BCUT2D eigenvalue weighted by atomic mass is 9.96. The molecule has 0 saturated heterocycles. The predicted molar refractivity (Wildman–Crippen MR) is 90.5 cm³/mol. The van der Waals surface area contributed by atoms with Crippen molar-refractivity contribution in [2.24, 2.45) is 0 Å². The van der Waals surface area contributed by atoms with Gasteiger partial charge < -0.3 is 15.4 Å². The Labute approximate surface area is 141 Å². The molecule has 1 aliphatic carbocycles. The van der Waals surface area contributed by atoms with Gasteiger partial charge in [-0.05, 0) is 48.2 Å². The van der Waals surface area contributed by atoms with E-state index in [1.165, 1.54) is 12.1 Å². The number of ether oxygens (including phenoxy) is 1. The summed E-state index contributed by atoms with van der Waals surface area (Å²) in [5.74, 6) is 0.529. The molecule has 2 amide bonds. The molecule has 0 aromatic heterocycles.